The van der Waals surface area contributed by atoms with Crippen LogP contribution in [0.4, 0.5) is 5.69 Å². The molecule has 0 unspecified atom stereocenters. The van der Waals surface area contributed by atoms with Gasteiger partial charge in [0.1, 0.15) is 12.4 Å². The third kappa shape index (κ3) is 5.66. The minimum atomic E-state index is -0.568. The van der Waals surface area contributed by atoms with Gasteiger partial charge in [-0.05, 0) is 42.0 Å². The van der Waals surface area contributed by atoms with Crippen molar-refractivity contribution in [1.29, 1.82) is 0 Å². The number of nitro groups is 1. The van der Waals surface area contributed by atoms with E-state index >= 15 is 0 Å². The number of hydrogen-bond acceptors (Lipinski definition) is 6. The van der Waals surface area contributed by atoms with Gasteiger partial charge < -0.3 is 4.74 Å². The summed E-state index contributed by atoms with van der Waals surface area (Å²) in [5.41, 5.74) is 0.943. The zero-order valence-electron chi connectivity index (χ0n) is 19.1. The number of halogens is 3. The standard InChI is InChI=1S/C25H19Br2ClN4O4/c1-14(2)24-30-21-8-7-18(27)10-20(21)25(33)31(24)29-12-16-9-19(28)11-22(32(34)35)23(16)36-13-15-3-5-17(26)6-4-15/h3-12,14H,13H2,1-2H3. The van der Waals surface area contributed by atoms with Gasteiger partial charge in [0, 0.05) is 31.5 Å². The molecule has 1 heterocycles. The SMILES string of the molecule is CC(C)c1nc2ccc(Br)cc2c(=O)n1N=Cc1cc(Cl)cc([N+](=O)[O-])c1OCc1ccc(Br)cc1. The van der Waals surface area contributed by atoms with Crippen molar-refractivity contribution in [2.45, 2.75) is 26.4 Å². The number of aromatic nitrogens is 2. The van der Waals surface area contributed by atoms with Crippen LogP contribution < -0.4 is 10.3 Å². The summed E-state index contributed by atoms with van der Waals surface area (Å²) in [7, 11) is 0. The Morgan fingerprint density at radius 3 is 2.50 bits per heavy atom. The van der Waals surface area contributed by atoms with Crippen LogP contribution in [0, 0.1) is 10.1 Å². The number of hydrogen-bond donors (Lipinski definition) is 0. The van der Waals surface area contributed by atoms with Crippen LogP contribution in [0.2, 0.25) is 5.02 Å². The van der Waals surface area contributed by atoms with Gasteiger partial charge in [0.15, 0.2) is 0 Å². The normalized spacial score (nSPS) is 11.5. The molecule has 0 N–H and O–H groups in total. The molecule has 0 aliphatic heterocycles. The molecule has 1 aromatic heterocycles. The summed E-state index contributed by atoms with van der Waals surface area (Å²) in [6.45, 7) is 3.88. The Bertz CT molecular complexity index is 1550. The zero-order chi connectivity index (χ0) is 26.0. The van der Waals surface area contributed by atoms with Crippen LogP contribution in [-0.4, -0.2) is 20.8 Å². The number of ether oxygens (including phenoxy) is 1. The van der Waals surface area contributed by atoms with E-state index < -0.39 is 4.92 Å². The third-order valence-electron chi connectivity index (χ3n) is 5.22. The van der Waals surface area contributed by atoms with Crippen molar-refractivity contribution < 1.29 is 9.66 Å². The van der Waals surface area contributed by atoms with Gasteiger partial charge in [-0.3, -0.25) is 14.9 Å². The lowest BCUT2D eigenvalue weighted by atomic mass is 10.1. The van der Waals surface area contributed by atoms with E-state index in [1.54, 1.807) is 12.1 Å². The Morgan fingerprint density at radius 2 is 1.83 bits per heavy atom. The third-order valence-corrected chi connectivity index (χ3v) is 6.46. The lowest BCUT2D eigenvalue weighted by Crippen LogP contribution is -2.23. The predicted molar refractivity (Wildman–Crippen MR) is 147 cm³/mol. The number of benzene rings is 3. The smallest absolute Gasteiger partial charge is 0.313 e. The first kappa shape index (κ1) is 26.0. The van der Waals surface area contributed by atoms with Crippen LogP contribution in [0.3, 0.4) is 0 Å². The molecule has 0 aliphatic carbocycles. The molecular formula is C25H19Br2ClN4O4. The summed E-state index contributed by atoms with van der Waals surface area (Å²) in [4.78, 5) is 29.1. The van der Waals surface area contributed by atoms with E-state index in [1.165, 1.54) is 23.0 Å². The van der Waals surface area contributed by atoms with E-state index in [0.717, 1.165) is 14.5 Å². The predicted octanol–water partition coefficient (Wildman–Crippen LogP) is 7.07. The molecule has 36 heavy (non-hydrogen) atoms. The molecule has 0 radical (unpaired) electrons. The lowest BCUT2D eigenvalue weighted by Gasteiger charge is -2.13. The number of nitro benzene ring substituents is 1. The first-order chi connectivity index (χ1) is 17.1. The summed E-state index contributed by atoms with van der Waals surface area (Å²) in [5.74, 6) is 0.316. The number of rotatable bonds is 7. The van der Waals surface area contributed by atoms with Gasteiger partial charge in [-0.1, -0.05) is 69.4 Å². The van der Waals surface area contributed by atoms with Crippen LogP contribution in [-0.2, 0) is 6.61 Å². The molecule has 4 aromatic rings. The highest BCUT2D eigenvalue weighted by atomic mass is 79.9. The van der Waals surface area contributed by atoms with Crippen LogP contribution in [0.1, 0.15) is 36.7 Å². The first-order valence-corrected chi connectivity index (χ1v) is 12.7. The van der Waals surface area contributed by atoms with Crippen molar-refractivity contribution in [3.63, 3.8) is 0 Å². The molecule has 0 atom stereocenters. The molecular weight excluding hydrogens is 616 g/mol. The van der Waals surface area contributed by atoms with Gasteiger partial charge in [-0.2, -0.15) is 9.78 Å². The minimum absolute atomic E-state index is 0.00768. The highest BCUT2D eigenvalue weighted by molar-refractivity contribution is 9.10. The highest BCUT2D eigenvalue weighted by Gasteiger charge is 2.21. The molecule has 0 fully saturated rings. The summed E-state index contributed by atoms with van der Waals surface area (Å²) in [6.07, 6.45) is 1.33. The average Bonchev–Trinajstić information content (AvgIpc) is 2.83. The van der Waals surface area contributed by atoms with Gasteiger partial charge in [-0.15, -0.1) is 0 Å². The Kier molecular flexibility index (Phi) is 7.87. The fraction of sp³-hybridized carbons (Fsp3) is 0.160. The van der Waals surface area contributed by atoms with Crippen molar-refractivity contribution in [2.24, 2.45) is 5.10 Å². The van der Waals surface area contributed by atoms with Crippen LogP contribution >= 0.6 is 43.5 Å². The lowest BCUT2D eigenvalue weighted by molar-refractivity contribution is -0.385. The second-order valence-corrected chi connectivity index (χ2v) is 10.4. The topological polar surface area (TPSA) is 99.6 Å². The van der Waals surface area contributed by atoms with Gasteiger partial charge in [0.05, 0.1) is 22.0 Å². The summed E-state index contributed by atoms with van der Waals surface area (Å²) >= 11 is 12.9. The molecule has 0 bridgehead atoms. The minimum Gasteiger partial charge on any atom is -0.481 e. The molecule has 8 nitrogen and oxygen atoms in total. The second-order valence-electron chi connectivity index (χ2n) is 8.16. The van der Waals surface area contributed by atoms with Gasteiger partial charge in [-0.25, -0.2) is 4.98 Å². The van der Waals surface area contributed by atoms with E-state index in [9.17, 15) is 14.9 Å². The molecule has 0 amide bonds. The molecule has 184 valence electrons. The van der Waals surface area contributed by atoms with Crippen LogP contribution in [0.15, 0.2) is 73.4 Å². The Labute approximate surface area is 228 Å². The van der Waals surface area contributed by atoms with E-state index in [1.807, 2.05) is 44.2 Å². The van der Waals surface area contributed by atoms with Crippen molar-refractivity contribution in [1.82, 2.24) is 9.66 Å². The summed E-state index contributed by atoms with van der Waals surface area (Å²) < 4.78 is 8.71. The average molecular weight is 635 g/mol. The first-order valence-electron chi connectivity index (χ1n) is 10.8. The number of nitrogens with zero attached hydrogens (tertiary/aromatic N) is 4. The van der Waals surface area contributed by atoms with Gasteiger partial charge in [0.2, 0.25) is 5.75 Å². The highest BCUT2D eigenvalue weighted by Crippen LogP contribution is 2.34. The fourth-order valence-corrected chi connectivity index (χ4v) is 4.34. The molecule has 0 saturated heterocycles. The van der Waals surface area contributed by atoms with Crippen molar-refractivity contribution in [3.05, 3.63) is 106 Å². The maximum Gasteiger partial charge on any atom is 0.313 e. The van der Waals surface area contributed by atoms with Crippen LogP contribution in [0.5, 0.6) is 5.75 Å². The zero-order valence-corrected chi connectivity index (χ0v) is 23.0. The monoisotopic (exact) mass is 632 g/mol. The Morgan fingerprint density at radius 1 is 1.14 bits per heavy atom. The number of fused-ring (bicyclic) bond motifs is 1. The van der Waals surface area contributed by atoms with Gasteiger partial charge >= 0.3 is 5.69 Å². The quantitative estimate of drug-likeness (QED) is 0.123. The van der Waals surface area contributed by atoms with E-state index in [4.69, 9.17) is 16.3 Å². The Hall–Kier alpha value is -3.08. The van der Waals surface area contributed by atoms with Gasteiger partial charge in [0.25, 0.3) is 5.56 Å². The molecule has 11 heteroatoms. The summed E-state index contributed by atoms with van der Waals surface area (Å²) in [6, 6.07) is 15.3. The molecule has 0 aliphatic rings. The largest absolute Gasteiger partial charge is 0.481 e. The maximum atomic E-state index is 13.3. The molecule has 4 rings (SSSR count). The van der Waals surface area contributed by atoms with Crippen molar-refractivity contribution in [2.75, 3.05) is 0 Å². The molecule has 3 aromatic carbocycles. The Balaban J connectivity index is 1.82. The molecule has 0 spiro atoms. The maximum absolute atomic E-state index is 13.3. The van der Waals surface area contributed by atoms with E-state index in [-0.39, 0.29) is 40.1 Å². The van der Waals surface area contributed by atoms with E-state index in [2.05, 4.69) is 41.9 Å². The fourth-order valence-electron chi connectivity index (χ4n) is 3.50. The summed E-state index contributed by atoms with van der Waals surface area (Å²) in [5, 5.41) is 16.7. The second kappa shape index (κ2) is 10.9. The van der Waals surface area contributed by atoms with Crippen LogP contribution in [0.25, 0.3) is 10.9 Å². The van der Waals surface area contributed by atoms with E-state index in [0.29, 0.717) is 16.7 Å². The van der Waals surface area contributed by atoms with Crippen molar-refractivity contribution in [3.8, 4) is 5.75 Å². The van der Waals surface area contributed by atoms with Crippen molar-refractivity contribution >= 4 is 66.3 Å². The molecule has 0 saturated carbocycles.